The van der Waals surface area contributed by atoms with Crippen molar-refractivity contribution in [1.82, 2.24) is 25.3 Å². The van der Waals surface area contributed by atoms with Gasteiger partial charge in [-0.05, 0) is 56.7 Å². The lowest BCUT2D eigenvalue weighted by molar-refractivity contribution is -0.121. The Balaban J connectivity index is 0.00000408. The second-order valence-corrected chi connectivity index (χ2v) is 9.26. The number of amides is 2. The molecule has 1 aliphatic rings. The molecule has 0 bridgehead atoms. The topological polar surface area (TPSA) is 79.3 Å². The highest BCUT2D eigenvalue weighted by Gasteiger charge is 2.22. The van der Waals surface area contributed by atoms with Crippen LogP contribution in [0.3, 0.4) is 0 Å². The minimum atomic E-state index is 0. The molecule has 2 N–H and O–H groups in total. The highest BCUT2D eigenvalue weighted by molar-refractivity contribution is 5.92. The molecule has 0 spiro atoms. The highest BCUT2D eigenvalue weighted by Crippen LogP contribution is 2.17. The molecule has 1 aromatic carbocycles. The molecule has 2 aromatic rings. The average Bonchev–Trinajstić information content (AvgIpc) is 3.21. The smallest absolute Gasteiger partial charge is 0.272 e. The van der Waals surface area contributed by atoms with Crippen LogP contribution in [0.1, 0.15) is 74.2 Å². The van der Waals surface area contributed by atoms with Gasteiger partial charge in [0.2, 0.25) is 5.91 Å². The maximum atomic E-state index is 13.4. The van der Waals surface area contributed by atoms with Crippen molar-refractivity contribution in [3.05, 3.63) is 53.3 Å². The number of carbonyl (C=O) groups excluding carboxylic acids is 2. The summed E-state index contributed by atoms with van der Waals surface area (Å²) in [7, 11) is 0. The van der Waals surface area contributed by atoms with Crippen LogP contribution >= 0.6 is 12.4 Å². The minimum absolute atomic E-state index is 0. The van der Waals surface area contributed by atoms with Gasteiger partial charge in [0.05, 0.1) is 5.69 Å². The third-order valence-electron chi connectivity index (χ3n) is 6.02. The Labute approximate surface area is 210 Å². The van der Waals surface area contributed by atoms with Crippen molar-refractivity contribution in [2.45, 2.75) is 65.5 Å². The van der Waals surface area contributed by atoms with Gasteiger partial charge in [0.15, 0.2) is 0 Å². The SMILES string of the molecule is CCn1nc(CC(C)C)cc1C(=O)N1CCCCNC(c2ccccc2)CC(=O)NCCC1.Cl. The molecule has 1 saturated heterocycles. The lowest BCUT2D eigenvalue weighted by Gasteiger charge is -2.23. The fourth-order valence-electron chi connectivity index (χ4n) is 4.33. The van der Waals surface area contributed by atoms with Crippen LogP contribution in [-0.2, 0) is 17.8 Å². The molecular formula is C26H40ClN5O2. The average molecular weight is 490 g/mol. The second-order valence-electron chi connectivity index (χ2n) is 9.26. The van der Waals surface area contributed by atoms with Crippen molar-refractivity contribution < 1.29 is 9.59 Å². The van der Waals surface area contributed by atoms with Gasteiger partial charge in [-0.3, -0.25) is 14.3 Å². The first-order valence-electron chi connectivity index (χ1n) is 12.4. The molecule has 0 aliphatic carbocycles. The van der Waals surface area contributed by atoms with E-state index < -0.39 is 0 Å². The zero-order valence-electron chi connectivity index (χ0n) is 20.8. The Hall–Kier alpha value is -2.38. The Morgan fingerprint density at radius 2 is 1.85 bits per heavy atom. The monoisotopic (exact) mass is 489 g/mol. The number of aryl methyl sites for hydroxylation is 1. The summed E-state index contributed by atoms with van der Waals surface area (Å²) < 4.78 is 1.83. The molecule has 1 unspecified atom stereocenters. The van der Waals surface area contributed by atoms with Crippen molar-refractivity contribution in [1.29, 1.82) is 0 Å². The highest BCUT2D eigenvalue weighted by atomic mass is 35.5. The summed E-state index contributed by atoms with van der Waals surface area (Å²) >= 11 is 0. The molecule has 7 nitrogen and oxygen atoms in total. The van der Waals surface area contributed by atoms with E-state index in [4.69, 9.17) is 0 Å². The summed E-state index contributed by atoms with van der Waals surface area (Å²) in [6.45, 7) is 9.73. The fraction of sp³-hybridized carbons (Fsp3) is 0.577. The van der Waals surface area contributed by atoms with Gasteiger partial charge in [-0.25, -0.2) is 0 Å². The van der Waals surface area contributed by atoms with Gasteiger partial charge in [0, 0.05) is 38.6 Å². The quantitative estimate of drug-likeness (QED) is 0.665. The number of aromatic nitrogens is 2. The minimum Gasteiger partial charge on any atom is -0.356 e. The van der Waals surface area contributed by atoms with Crippen LogP contribution < -0.4 is 10.6 Å². The summed E-state index contributed by atoms with van der Waals surface area (Å²) in [5.74, 6) is 0.570. The first-order valence-corrected chi connectivity index (χ1v) is 12.4. The van der Waals surface area contributed by atoms with Crippen LogP contribution in [0.2, 0.25) is 0 Å². The Kier molecular flexibility index (Phi) is 11.6. The van der Waals surface area contributed by atoms with E-state index in [2.05, 4.69) is 41.7 Å². The van der Waals surface area contributed by atoms with Crippen molar-refractivity contribution in [2.75, 3.05) is 26.2 Å². The van der Waals surface area contributed by atoms with Gasteiger partial charge < -0.3 is 15.5 Å². The zero-order chi connectivity index (χ0) is 23.6. The van der Waals surface area contributed by atoms with Crippen molar-refractivity contribution in [3.8, 4) is 0 Å². The van der Waals surface area contributed by atoms with Crippen LogP contribution in [0.5, 0.6) is 0 Å². The van der Waals surface area contributed by atoms with Gasteiger partial charge >= 0.3 is 0 Å². The number of rotatable bonds is 5. The van der Waals surface area contributed by atoms with Crippen LogP contribution in [0.15, 0.2) is 36.4 Å². The maximum absolute atomic E-state index is 13.4. The summed E-state index contributed by atoms with van der Waals surface area (Å²) in [4.78, 5) is 27.9. The number of hydrogen-bond acceptors (Lipinski definition) is 4. The lowest BCUT2D eigenvalue weighted by Crippen LogP contribution is -2.36. The molecule has 1 aromatic heterocycles. The summed E-state index contributed by atoms with van der Waals surface area (Å²) in [6.07, 6.45) is 3.88. The molecule has 1 fully saturated rings. The molecule has 8 heteroatoms. The van der Waals surface area contributed by atoms with Crippen LogP contribution in [0.4, 0.5) is 0 Å². The maximum Gasteiger partial charge on any atom is 0.272 e. The number of halogens is 1. The Morgan fingerprint density at radius 1 is 1.12 bits per heavy atom. The molecule has 3 rings (SSSR count). The van der Waals surface area contributed by atoms with Gasteiger partial charge in [0.1, 0.15) is 5.69 Å². The van der Waals surface area contributed by atoms with E-state index in [1.807, 2.05) is 40.8 Å². The number of hydrogen-bond donors (Lipinski definition) is 2. The van der Waals surface area contributed by atoms with Crippen molar-refractivity contribution >= 4 is 24.2 Å². The Morgan fingerprint density at radius 3 is 2.56 bits per heavy atom. The molecule has 34 heavy (non-hydrogen) atoms. The first kappa shape index (κ1) is 27.9. The second kappa shape index (κ2) is 14.1. The van der Waals surface area contributed by atoms with E-state index in [1.54, 1.807) is 0 Å². The van der Waals surface area contributed by atoms with E-state index >= 15 is 0 Å². The van der Waals surface area contributed by atoms with Gasteiger partial charge in [-0.1, -0.05) is 44.2 Å². The third kappa shape index (κ3) is 8.13. The summed E-state index contributed by atoms with van der Waals surface area (Å²) in [6, 6.07) is 12.1. The predicted octanol–water partition coefficient (Wildman–Crippen LogP) is 3.99. The van der Waals surface area contributed by atoms with E-state index in [1.165, 1.54) is 0 Å². The van der Waals surface area contributed by atoms with Crippen LogP contribution in [0, 0.1) is 5.92 Å². The molecule has 2 amide bonds. The Bertz CT molecular complexity index is 900. The molecule has 1 aliphatic heterocycles. The number of benzene rings is 1. The van der Waals surface area contributed by atoms with Gasteiger partial charge in [0.25, 0.3) is 5.91 Å². The zero-order valence-corrected chi connectivity index (χ0v) is 21.6. The molecule has 0 saturated carbocycles. The van der Waals surface area contributed by atoms with E-state index in [9.17, 15) is 9.59 Å². The molecule has 188 valence electrons. The number of nitrogens with zero attached hydrogens (tertiary/aromatic N) is 3. The first-order chi connectivity index (χ1) is 16.0. The van der Waals surface area contributed by atoms with Crippen LogP contribution in [0.25, 0.3) is 0 Å². The van der Waals surface area contributed by atoms with E-state index in [-0.39, 0.29) is 30.3 Å². The lowest BCUT2D eigenvalue weighted by atomic mass is 10.0. The molecule has 0 radical (unpaired) electrons. The predicted molar refractivity (Wildman–Crippen MR) is 138 cm³/mol. The molecular weight excluding hydrogens is 450 g/mol. The fourth-order valence-corrected chi connectivity index (χ4v) is 4.33. The summed E-state index contributed by atoms with van der Waals surface area (Å²) in [5, 5.41) is 11.2. The van der Waals surface area contributed by atoms with Crippen LogP contribution in [-0.4, -0.2) is 52.7 Å². The standard InChI is InChI=1S/C26H39N5O2.ClH/c1-4-31-24(18-22(29-31)17-20(2)3)26(33)30-15-9-8-13-27-23(21-11-6-5-7-12-21)19-25(32)28-14-10-16-30;/h5-7,11-12,18,20,23,27H,4,8-10,13-17,19H2,1-3H3,(H,28,32);1H. The summed E-state index contributed by atoms with van der Waals surface area (Å²) in [5.41, 5.74) is 2.78. The number of carbonyl (C=O) groups is 2. The van der Waals surface area contributed by atoms with Crippen molar-refractivity contribution in [3.63, 3.8) is 0 Å². The largest absolute Gasteiger partial charge is 0.356 e. The van der Waals surface area contributed by atoms with E-state index in [0.717, 1.165) is 43.5 Å². The number of nitrogens with one attached hydrogen (secondary N) is 2. The van der Waals surface area contributed by atoms with Crippen molar-refractivity contribution in [2.24, 2.45) is 5.92 Å². The molecule has 1 atom stereocenters. The van der Waals surface area contributed by atoms with Gasteiger partial charge in [-0.15, -0.1) is 12.4 Å². The van der Waals surface area contributed by atoms with Gasteiger partial charge in [-0.2, -0.15) is 5.10 Å². The molecule has 2 heterocycles. The van der Waals surface area contributed by atoms with E-state index in [0.29, 0.717) is 44.2 Å². The third-order valence-corrected chi connectivity index (χ3v) is 6.02. The normalized spacial score (nSPS) is 18.3.